The van der Waals surface area contributed by atoms with E-state index in [9.17, 15) is 0 Å². The zero-order valence-electron chi connectivity index (χ0n) is 11.9. The SMILES string of the molecule is Cc1ccc(OC(C)CNC2CCCCC2)c(Br)c1. The van der Waals surface area contributed by atoms with Gasteiger partial charge in [0.15, 0.2) is 0 Å². The van der Waals surface area contributed by atoms with E-state index in [1.165, 1.54) is 37.7 Å². The van der Waals surface area contributed by atoms with E-state index in [4.69, 9.17) is 4.74 Å². The predicted octanol–water partition coefficient (Wildman–Crippen LogP) is 4.45. The second-order valence-electron chi connectivity index (χ2n) is 5.61. The Labute approximate surface area is 125 Å². The second kappa shape index (κ2) is 7.30. The summed E-state index contributed by atoms with van der Waals surface area (Å²) in [6.07, 6.45) is 6.98. The molecule has 1 atom stereocenters. The maximum Gasteiger partial charge on any atom is 0.133 e. The molecule has 1 saturated carbocycles. The summed E-state index contributed by atoms with van der Waals surface area (Å²) in [6.45, 7) is 5.13. The largest absolute Gasteiger partial charge is 0.488 e. The number of hydrogen-bond donors (Lipinski definition) is 1. The molecule has 0 spiro atoms. The van der Waals surface area contributed by atoms with Crippen LogP contribution in [-0.2, 0) is 0 Å². The van der Waals surface area contributed by atoms with E-state index in [2.05, 4.69) is 47.2 Å². The normalized spacial score (nSPS) is 18.3. The first kappa shape index (κ1) is 14.9. The van der Waals surface area contributed by atoms with Crippen LogP contribution in [0.4, 0.5) is 0 Å². The maximum absolute atomic E-state index is 5.98. The molecule has 1 fully saturated rings. The lowest BCUT2D eigenvalue weighted by atomic mass is 9.95. The molecule has 2 rings (SSSR count). The van der Waals surface area contributed by atoms with Crippen molar-refractivity contribution < 1.29 is 4.74 Å². The van der Waals surface area contributed by atoms with Gasteiger partial charge in [0.1, 0.15) is 11.9 Å². The minimum absolute atomic E-state index is 0.195. The Morgan fingerprint density at radius 3 is 2.74 bits per heavy atom. The predicted molar refractivity (Wildman–Crippen MR) is 83.8 cm³/mol. The summed E-state index contributed by atoms with van der Waals surface area (Å²) in [5, 5.41) is 3.63. The Bertz CT molecular complexity index is 402. The fourth-order valence-electron chi connectivity index (χ4n) is 2.60. The molecular weight excluding hydrogens is 302 g/mol. The Kier molecular flexibility index (Phi) is 5.71. The molecule has 2 nitrogen and oxygen atoms in total. The Hall–Kier alpha value is -0.540. The third-order valence-electron chi connectivity index (χ3n) is 3.71. The molecule has 0 amide bonds. The van der Waals surface area contributed by atoms with Crippen LogP contribution in [-0.4, -0.2) is 18.7 Å². The van der Waals surface area contributed by atoms with Gasteiger partial charge in [0, 0.05) is 12.6 Å². The van der Waals surface area contributed by atoms with Gasteiger partial charge in [-0.2, -0.15) is 0 Å². The van der Waals surface area contributed by atoms with Crippen molar-refractivity contribution in [3.05, 3.63) is 28.2 Å². The van der Waals surface area contributed by atoms with E-state index in [1.54, 1.807) is 0 Å². The summed E-state index contributed by atoms with van der Waals surface area (Å²) in [5.74, 6) is 0.934. The minimum atomic E-state index is 0.195. The smallest absolute Gasteiger partial charge is 0.133 e. The van der Waals surface area contributed by atoms with Gasteiger partial charge in [-0.1, -0.05) is 25.3 Å². The highest BCUT2D eigenvalue weighted by Crippen LogP contribution is 2.26. The highest BCUT2D eigenvalue weighted by Gasteiger charge is 2.14. The molecule has 19 heavy (non-hydrogen) atoms. The molecule has 1 N–H and O–H groups in total. The van der Waals surface area contributed by atoms with E-state index in [1.807, 2.05) is 6.07 Å². The summed E-state index contributed by atoms with van der Waals surface area (Å²) in [4.78, 5) is 0. The lowest BCUT2D eigenvalue weighted by molar-refractivity contribution is 0.204. The topological polar surface area (TPSA) is 21.3 Å². The number of benzene rings is 1. The maximum atomic E-state index is 5.98. The molecule has 0 heterocycles. The van der Waals surface area contributed by atoms with Crippen molar-refractivity contribution in [2.45, 2.75) is 58.1 Å². The first-order valence-corrected chi connectivity index (χ1v) is 8.10. The first-order valence-electron chi connectivity index (χ1n) is 7.31. The average Bonchev–Trinajstić information content (AvgIpc) is 2.41. The molecule has 0 radical (unpaired) electrons. The molecule has 3 heteroatoms. The summed E-state index contributed by atoms with van der Waals surface area (Å²) >= 11 is 3.56. The molecule has 1 aliphatic rings. The number of hydrogen-bond acceptors (Lipinski definition) is 2. The zero-order valence-corrected chi connectivity index (χ0v) is 13.5. The van der Waals surface area contributed by atoms with Crippen LogP contribution in [0.2, 0.25) is 0 Å². The van der Waals surface area contributed by atoms with Crippen molar-refractivity contribution >= 4 is 15.9 Å². The number of aryl methyl sites for hydroxylation is 1. The molecule has 1 unspecified atom stereocenters. The summed E-state index contributed by atoms with van der Waals surface area (Å²) in [7, 11) is 0. The van der Waals surface area contributed by atoms with Gasteiger partial charge in [0.05, 0.1) is 4.47 Å². The highest BCUT2D eigenvalue weighted by molar-refractivity contribution is 9.10. The quantitative estimate of drug-likeness (QED) is 0.863. The van der Waals surface area contributed by atoms with Crippen molar-refractivity contribution in [2.75, 3.05) is 6.54 Å². The number of nitrogens with one attached hydrogen (secondary N) is 1. The summed E-state index contributed by atoms with van der Waals surface area (Å²) < 4.78 is 7.02. The van der Waals surface area contributed by atoms with Crippen LogP contribution in [0.5, 0.6) is 5.75 Å². The minimum Gasteiger partial charge on any atom is -0.488 e. The number of ether oxygens (including phenoxy) is 1. The third-order valence-corrected chi connectivity index (χ3v) is 4.33. The van der Waals surface area contributed by atoms with Crippen LogP contribution >= 0.6 is 15.9 Å². The average molecular weight is 326 g/mol. The fraction of sp³-hybridized carbons (Fsp3) is 0.625. The Balaban J connectivity index is 1.78. The van der Waals surface area contributed by atoms with Gasteiger partial charge in [-0.25, -0.2) is 0 Å². The van der Waals surface area contributed by atoms with Gasteiger partial charge in [-0.05, 0) is 60.3 Å². The molecule has 0 aromatic heterocycles. The van der Waals surface area contributed by atoms with Gasteiger partial charge in [-0.3, -0.25) is 0 Å². The Morgan fingerprint density at radius 2 is 2.05 bits per heavy atom. The second-order valence-corrected chi connectivity index (χ2v) is 6.46. The van der Waals surface area contributed by atoms with Crippen LogP contribution in [0.3, 0.4) is 0 Å². The van der Waals surface area contributed by atoms with Crippen LogP contribution in [0.15, 0.2) is 22.7 Å². The molecule has 1 aliphatic carbocycles. The van der Waals surface area contributed by atoms with E-state index in [0.29, 0.717) is 6.04 Å². The van der Waals surface area contributed by atoms with Crippen LogP contribution in [0, 0.1) is 6.92 Å². The van der Waals surface area contributed by atoms with Gasteiger partial charge >= 0.3 is 0 Å². The molecular formula is C16H24BrNO. The van der Waals surface area contributed by atoms with Crippen molar-refractivity contribution in [3.8, 4) is 5.75 Å². The standard InChI is InChI=1S/C16H24BrNO/c1-12-8-9-16(15(17)10-12)19-13(2)11-18-14-6-4-3-5-7-14/h8-10,13-14,18H,3-7,11H2,1-2H3. The molecule has 0 bridgehead atoms. The molecule has 0 saturated heterocycles. The summed E-state index contributed by atoms with van der Waals surface area (Å²) in [6, 6.07) is 6.91. The molecule has 1 aromatic carbocycles. The van der Waals surface area contributed by atoms with Crippen molar-refractivity contribution in [3.63, 3.8) is 0 Å². The van der Waals surface area contributed by atoms with Gasteiger partial charge < -0.3 is 10.1 Å². The van der Waals surface area contributed by atoms with Crippen molar-refractivity contribution in [2.24, 2.45) is 0 Å². The number of rotatable bonds is 5. The van der Waals surface area contributed by atoms with E-state index in [-0.39, 0.29) is 6.10 Å². The highest BCUT2D eigenvalue weighted by atomic mass is 79.9. The van der Waals surface area contributed by atoms with Gasteiger partial charge in [-0.15, -0.1) is 0 Å². The Morgan fingerprint density at radius 1 is 1.32 bits per heavy atom. The van der Waals surface area contributed by atoms with E-state index >= 15 is 0 Å². The van der Waals surface area contributed by atoms with Gasteiger partial charge in [0.25, 0.3) is 0 Å². The first-order chi connectivity index (χ1) is 9.15. The number of halogens is 1. The van der Waals surface area contributed by atoms with Crippen LogP contribution in [0.25, 0.3) is 0 Å². The van der Waals surface area contributed by atoms with Crippen molar-refractivity contribution in [1.82, 2.24) is 5.32 Å². The monoisotopic (exact) mass is 325 g/mol. The van der Waals surface area contributed by atoms with E-state index in [0.717, 1.165) is 16.8 Å². The van der Waals surface area contributed by atoms with Crippen LogP contribution < -0.4 is 10.1 Å². The lowest BCUT2D eigenvalue weighted by Gasteiger charge is -2.25. The molecule has 1 aromatic rings. The lowest BCUT2D eigenvalue weighted by Crippen LogP contribution is -2.37. The van der Waals surface area contributed by atoms with E-state index < -0.39 is 0 Å². The van der Waals surface area contributed by atoms with Crippen molar-refractivity contribution in [1.29, 1.82) is 0 Å². The van der Waals surface area contributed by atoms with Crippen LogP contribution in [0.1, 0.15) is 44.6 Å². The molecule has 0 aliphatic heterocycles. The van der Waals surface area contributed by atoms with Gasteiger partial charge in [0.2, 0.25) is 0 Å². The molecule has 106 valence electrons. The zero-order chi connectivity index (χ0) is 13.7. The summed E-state index contributed by atoms with van der Waals surface area (Å²) in [5.41, 5.74) is 1.24. The third kappa shape index (κ3) is 4.81. The fourth-order valence-corrected chi connectivity index (χ4v) is 3.19.